The van der Waals surface area contributed by atoms with E-state index >= 15 is 0 Å². The Balaban J connectivity index is 1.80. The fourth-order valence-corrected chi connectivity index (χ4v) is 3.44. The summed E-state index contributed by atoms with van der Waals surface area (Å²) in [6, 6.07) is 7.28. The lowest BCUT2D eigenvalue weighted by molar-refractivity contribution is -0.137. The molecule has 0 radical (unpaired) electrons. The van der Waals surface area contributed by atoms with Crippen molar-refractivity contribution in [2.75, 3.05) is 5.32 Å². The average molecular weight is 458 g/mol. The van der Waals surface area contributed by atoms with E-state index in [9.17, 15) is 27.5 Å². The van der Waals surface area contributed by atoms with Gasteiger partial charge in [0, 0.05) is 16.3 Å². The highest BCUT2D eigenvalue weighted by atomic mass is 35.5. The maximum atomic E-state index is 13.7. The van der Waals surface area contributed by atoms with Crippen LogP contribution in [0.2, 0.25) is 5.02 Å². The van der Waals surface area contributed by atoms with Crippen LogP contribution >= 0.6 is 11.6 Å². The van der Waals surface area contributed by atoms with Crippen molar-refractivity contribution in [2.24, 2.45) is 4.99 Å². The van der Waals surface area contributed by atoms with Crippen LogP contribution in [0.1, 0.15) is 41.6 Å². The molecule has 1 aliphatic rings. The van der Waals surface area contributed by atoms with Crippen LogP contribution in [0.25, 0.3) is 0 Å². The van der Waals surface area contributed by atoms with Crippen molar-refractivity contribution in [3.05, 3.63) is 64.4 Å². The summed E-state index contributed by atoms with van der Waals surface area (Å²) in [5, 5.41) is 15.1. The molecule has 1 saturated carbocycles. The van der Waals surface area contributed by atoms with E-state index in [0.717, 1.165) is 36.4 Å². The molecule has 0 unspecified atom stereocenters. The SMILES string of the molecule is O=C(NC(=NC1CCC(O)CC1)Nc1cc(F)cc(Cl)c1)c1ccc(C(F)(F)F)cc1. The van der Waals surface area contributed by atoms with Gasteiger partial charge in [0.15, 0.2) is 0 Å². The van der Waals surface area contributed by atoms with E-state index in [4.69, 9.17) is 11.6 Å². The second-order valence-electron chi connectivity index (χ2n) is 7.25. The van der Waals surface area contributed by atoms with Gasteiger partial charge in [0.1, 0.15) is 5.82 Å². The minimum Gasteiger partial charge on any atom is -0.393 e. The van der Waals surface area contributed by atoms with Crippen molar-refractivity contribution in [3.8, 4) is 0 Å². The van der Waals surface area contributed by atoms with Crippen LogP contribution in [0.4, 0.5) is 23.2 Å². The fraction of sp³-hybridized carbons (Fsp3) is 0.333. The first-order valence-corrected chi connectivity index (χ1v) is 9.95. The topological polar surface area (TPSA) is 73.7 Å². The van der Waals surface area contributed by atoms with Crippen LogP contribution in [0.3, 0.4) is 0 Å². The number of hydrogen-bond donors (Lipinski definition) is 3. The molecule has 166 valence electrons. The summed E-state index contributed by atoms with van der Waals surface area (Å²) in [6.45, 7) is 0. The Labute approximate surface area is 181 Å². The Hall–Kier alpha value is -2.65. The molecule has 1 fully saturated rings. The highest BCUT2D eigenvalue weighted by molar-refractivity contribution is 6.31. The number of carbonyl (C=O) groups is 1. The number of anilines is 1. The summed E-state index contributed by atoms with van der Waals surface area (Å²) in [7, 11) is 0. The van der Waals surface area contributed by atoms with Gasteiger partial charge < -0.3 is 10.4 Å². The number of rotatable bonds is 3. The van der Waals surface area contributed by atoms with Gasteiger partial charge >= 0.3 is 6.18 Å². The van der Waals surface area contributed by atoms with Crippen LogP contribution in [-0.2, 0) is 6.18 Å². The Morgan fingerprint density at radius 3 is 2.29 bits per heavy atom. The second kappa shape index (κ2) is 9.65. The fourth-order valence-electron chi connectivity index (χ4n) is 3.22. The third-order valence-corrected chi connectivity index (χ3v) is 5.03. The summed E-state index contributed by atoms with van der Waals surface area (Å²) in [4.78, 5) is 17.0. The minimum absolute atomic E-state index is 0.00107. The quantitative estimate of drug-likeness (QED) is 0.345. The number of hydrogen-bond acceptors (Lipinski definition) is 3. The Morgan fingerprint density at radius 2 is 1.71 bits per heavy atom. The maximum absolute atomic E-state index is 13.7. The summed E-state index contributed by atoms with van der Waals surface area (Å²) in [5.74, 6) is -1.27. The molecule has 10 heteroatoms. The number of nitrogens with zero attached hydrogens (tertiary/aromatic N) is 1. The number of amides is 1. The third kappa shape index (κ3) is 6.67. The van der Waals surface area contributed by atoms with Crippen molar-refractivity contribution >= 4 is 29.2 Å². The van der Waals surface area contributed by atoms with Gasteiger partial charge in [-0.2, -0.15) is 13.2 Å². The lowest BCUT2D eigenvalue weighted by Crippen LogP contribution is -2.37. The Bertz CT molecular complexity index is 936. The molecule has 0 atom stereocenters. The van der Waals surface area contributed by atoms with Crippen LogP contribution < -0.4 is 10.6 Å². The molecule has 0 aromatic heterocycles. The number of nitrogens with one attached hydrogen (secondary N) is 2. The smallest absolute Gasteiger partial charge is 0.393 e. The molecule has 3 rings (SSSR count). The molecular formula is C21H20ClF4N3O2. The third-order valence-electron chi connectivity index (χ3n) is 4.81. The van der Waals surface area contributed by atoms with Crippen LogP contribution in [-0.4, -0.2) is 29.1 Å². The van der Waals surface area contributed by atoms with Gasteiger partial charge in [0.2, 0.25) is 5.96 Å². The number of guanidine groups is 1. The lowest BCUT2D eigenvalue weighted by atomic mass is 9.94. The normalized spacial score (nSPS) is 19.7. The predicted molar refractivity (Wildman–Crippen MR) is 110 cm³/mol. The summed E-state index contributed by atoms with van der Waals surface area (Å²) in [5.41, 5.74) is -0.627. The number of halogens is 5. The summed E-state index contributed by atoms with van der Waals surface area (Å²) < 4.78 is 51.9. The van der Waals surface area contributed by atoms with Gasteiger partial charge in [0.05, 0.1) is 17.7 Å². The lowest BCUT2D eigenvalue weighted by Gasteiger charge is -2.23. The molecule has 2 aromatic rings. The van der Waals surface area contributed by atoms with E-state index in [2.05, 4.69) is 15.6 Å². The van der Waals surface area contributed by atoms with Crippen molar-refractivity contribution in [1.82, 2.24) is 5.32 Å². The molecular weight excluding hydrogens is 438 g/mol. The zero-order chi connectivity index (χ0) is 22.6. The monoisotopic (exact) mass is 457 g/mol. The van der Waals surface area contributed by atoms with Crippen molar-refractivity contribution in [1.29, 1.82) is 0 Å². The molecule has 1 amide bonds. The number of aliphatic imine (C=N–C) groups is 1. The highest BCUT2D eigenvalue weighted by Crippen LogP contribution is 2.29. The molecule has 31 heavy (non-hydrogen) atoms. The zero-order valence-electron chi connectivity index (χ0n) is 16.2. The maximum Gasteiger partial charge on any atom is 0.416 e. The highest BCUT2D eigenvalue weighted by Gasteiger charge is 2.30. The zero-order valence-corrected chi connectivity index (χ0v) is 17.0. The van der Waals surface area contributed by atoms with E-state index < -0.39 is 29.6 Å². The first-order chi connectivity index (χ1) is 14.6. The van der Waals surface area contributed by atoms with Crippen molar-refractivity contribution in [2.45, 2.75) is 44.0 Å². The summed E-state index contributed by atoms with van der Waals surface area (Å²) in [6.07, 6.45) is -2.61. The van der Waals surface area contributed by atoms with Crippen molar-refractivity contribution < 1.29 is 27.5 Å². The van der Waals surface area contributed by atoms with Crippen molar-refractivity contribution in [3.63, 3.8) is 0 Å². The van der Waals surface area contributed by atoms with Gasteiger partial charge in [-0.3, -0.25) is 10.1 Å². The van der Waals surface area contributed by atoms with E-state index in [0.29, 0.717) is 25.7 Å². The Morgan fingerprint density at radius 1 is 1.06 bits per heavy atom. The molecule has 0 bridgehead atoms. The number of benzene rings is 2. The molecule has 2 aromatic carbocycles. The molecule has 1 aliphatic carbocycles. The summed E-state index contributed by atoms with van der Waals surface area (Å²) >= 11 is 5.87. The predicted octanol–water partition coefficient (Wildman–Crippen LogP) is 5.00. The van der Waals surface area contributed by atoms with Crippen LogP contribution in [0, 0.1) is 5.82 Å². The number of aliphatic hydroxyl groups excluding tert-OH is 1. The van der Waals surface area contributed by atoms with E-state index in [1.165, 1.54) is 6.07 Å². The largest absolute Gasteiger partial charge is 0.416 e. The number of alkyl halides is 3. The minimum atomic E-state index is -4.51. The van der Waals surface area contributed by atoms with Gasteiger partial charge in [-0.25, -0.2) is 9.38 Å². The Kier molecular flexibility index (Phi) is 7.17. The van der Waals surface area contributed by atoms with Gasteiger partial charge in [-0.15, -0.1) is 0 Å². The first kappa shape index (κ1) is 23.0. The van der Waals surface area contributed by atoms with E-state index in [-0.39, 0.29) is 28.3 Å². The number of aliphatic hydroxyl groups is 1. The molecule has 5 nitrogen and oxygen atoms in total. The molecule has 0 saturated heterocycles. The standard InChI is InChI=1S/C21H20ClF4N3O2/c22-14-9-15(23)11-17(10-14)28-20(27-16-5-7-18(30)8-6-16)29-19(31)12-1-3-13(4-2-12)21(24,25)26/h1-4,9-11,16,18,30H,5-8H2,(H2,27,28,29,31). The van der Waals surface area contributed by atoms with E-state index in [1.54, 1.807) is 0 Å². The first-order valence-electron chi connectivity index (χ1n) is 9.58. The second-order valence-corrected chi connectivity index (χ2v) is 7.69. The van der Waals surface area contributed by atoms with E-state index in [1.807, 2.05) is 0 Å². The van der Waals surface area contributed by atoms with Gasteiger partial charge in [-0.05, 0) is 68.1 Å². The van der Waals surface area contributed by atoms with Crippen LogP contribution in [0.15, 0.2) is 47.5 Å². The van der Waals surface area contributed by atoms with Gasteiger partial charge in [0.25, 0.3) is 5.91 Å². The number of carbonyl (C=O) groups excluding carboxylic acids is 1. The molecule has 0 aliphatic heterocycles. The van der Waals surface area contributed by atoms with Crippen LogP contribution in [0.5, 0.6) is 0 Å². The molecule has 3 N–H and O–H groups in total. The average Bonchev–Trinajstić information content (AvgIpc) is 2.68. The van der Waals surface area contributed by atoms with Gasteiger partial charge in [-0.1, -0.05) is 11.6 Å². The molecule has 0 spiro atoms. The molecule has 0 heterocycles.